The van der Waals surface area contributed by atoms with E-state index < -0.39 is 10.0 Å². The molecule has 0 aromatic heterocycles. The molecule has 2 rings (SSSR count). The van der Waals surface area contributed by atoms with Crippen LogP contribution in [0.2, 0.25) is 5.02 Å². The van der Waals surface area contributed by atoms with Crippen molar-refractivity contribution in [3.8, 4) is 0 Å². The van der Waals surface area contributed by atoms with Crippen molar-refractivity contribution < 1.29 is 8.42 Å². The van der Waals surface area contributed by atoms with E-state index in [0.29, 0.717) is 24.1 Å². The van der Waals surface area contributed by atoms with Crippen molar-refractivity contribution >= 4 is 27.6 Å². The van der Waals surface area contributed by atoms with Crippen LogP contribution in [0.1, 0.15) is 18.1 Å². The van der Waals surface area contributed by atoms with E-state index in [0.717, 1.165) is 17.7 Å². The Morgan fingerprint density at radius 3 is 2.40 bits per heavy atom. The number of halogens is 1. The van der Waals surface area contributed by atoms with Gasteiger partial charge in [0.15, 0.2) is 5.96 Å². The van der Waals surface area contributed by atoms with Crippen LogP contribution < -0.4 is 15.8 Å². The summed E-state index contributed by atoms with van der Waals surface area (Å²) in [4.78, 5) is 4.58. The second kappa shape index (κ2) is 8.84. The molecule has 0 saturated heterocycles. The molecule has 6 nitrogen and oxygen atoms in total. The molecule has 0 unspecified atom stereocenters. The molecule has 4 N–H and O–H groups in total. The van der Waals surface area contributed by atoms with Gasteiger partial charge in [-0.15, -0.1) is 0 Å². The standard InChI is InChI=1S/C17H21ClN4O2S/c1-2-20-17(22-12-14-5-3-4-6-16(14)18)21-11-13-7-9-15(10-8-13)25(19,23)24/h3-10H,2,11-12H2,1H3,(H2,19,23,24)(H2,20,21,22). The first-order chi connectivity index (χ1) is 11.9. The van der Waals surface area contributed by atoms with Crippen LogP contribution in [0.4, 0.5) is 0 Å². The van der Waals surface area contributed by atoms with Crippen molar-refractivity contribution in [2.24, 2.45) is 10.1 Å². The van der Waals surface area contributed by atoms with Gasteiger partial charge >= 0.3 is 0 Å². The van der Waals surface area contributed by atoms with Crippen LogP contribution >= 0.6 is 11.6 Å². The lowest BCUT2D eigenvalue weighted by molar-refractivity contribution is 0.598. The highest BCUT2D eigenvalue weighted by molar-refractivity contribution is 7.89. The molecular weight excluding hydrogens is 360 g/mol. The summed E-state index contributed by atoms with van der Waals surface area (Å²) < 4.78 is 22.5. The van der Waals surface area contributed by atoms with E-state index in [4.69, 9.17) is 16.7 Å². The third-order valence-corrected chi connectivity index (χ3v) is 4.72. The van der Waals surface area contributed by atoms with Crippen molar-refractivity contribution in [1.82, 2.24) is 10.6 Å². The first kappa shape index (κ1) is 19.2. The fraction of sp³-hybridized carbons (Fsp3) is 0.235. The number of nitrogens with one attached hydrogen (secondary N) is 2. The molecular formula is C17H21ClN4O2S. The van der Waals surface area contributed by atoms with Crippen LogP contribution in [0.3, 0.4) is 0 Å². The van der Waals surface area contributed by atoms with E-state index in [2.05, 4.69) is 15.6 Å². The van der Waals surface area contributed by atoms with Gasteiger partial charge in [0.2, 0.25) is 10.0 Å². The van der Waals surface area contributed by atoms with Crippen molar-refractivity contribution in [3.63, 3.8) is 0 Å². The lowest BCUT2D eigenvalue weighted by Gasteiger charge is -2.12. The van der Waals surface area contributed by atoms with Crippen LogP contribution in [0.5, 0.6) is 0 Å². The number of aliphatic imine (C=N–C) groups is 1. The van der Waals surface area contributed by atoms with Gasteiger partial charge in [0.05, 0.1) is 11.4 Å². The first-order valence-electron chi connectivity index (χ1n) is 7.77. The van der Waals surface area contributed by atoms with Crippen molar-refractivity contribution in [3.05, 3.63) is 64.7 Å². The van der Waals surface area contributed by atoms with Gasteiger partial charge in [-0.1, -0.05) is 41.9 Å². The molecule has 0 bridgehead atoms. The lowest BCUT2D eigenvalue weighted by Crippen LogP contribution is -2.36. The van der Waals surface area contributed by atoms with E-state index in [-0.39, 0.29) is 4.90 Å². The van der Waals surface area contributed by atoms with Gasteiger partial charge in [0, 0.05) is 18.1 Å². The number of hydrogen-bond donors (Lipinski definition) is 3. The monoisotopic (exact) mass is 380 g/mol. The van der Waals surface area contributed by atoms with Gasteiger partial charge in [-0.2, -0.15) is 0 Å². The van der Waals surface area contributed by atoms with Crippen LogP contribution in [0.15, 0.2) is 58.4 Å². The predicted molar refractivity (Wildman–Crippen MR) is 101 cm³/mol. The summed E-state index contributed by atoms with van der Waals surface area (Å²) in [5.41, 5.74) is 1.86. The molecule has 0 heterocycles. The Morgan fingerprint density at radius 1 is 1.12 bits per heavy atom. The second-order valence-corrected chi connectivity index (χ2v) is 7.30. The average molecular weight is 381 g/mol. The number of hydrogen-bond acceptors (Lipinski definition) is 3. The van der Waals surface area contributed by atoms with Crippen LogP contribution in [-0.2, 0) is 23.1 Å². The zero-order chi connectivity index (χ0) is 18.3. The van der Waals surface area contributed by atoms with E-state index in [1.54, 1.807) is 12.1 Å². The molecule has 0 saturated carbocycles. The molecule has 0 radical (unpaired) electrons. The van der Waals surface area contributed by atoms with Crippen LogP contribution in [-0.4, -0.2) is 20.9 Å². The molecule has 0 spiro atoms. The lowest BCUT2D eigenvalue weighted by atomic mass is 10.2. The number of primary sulfonamides is 1. The highest BCUT2D eigenvalue weighted by Crippen LogP contribution is 2.14. The SMILES string of the molecule is CCNC(=NCc1ccc(S(N)(=O)=O)cc1)NCc1ccccc1Cl. The van der Waals surface area contributed by atoms with Crippen molar-refractivity contribution in [2.45, 2.75) is 24.9 Å². The van der Waals surface area contributed by atoms with Gasteiger partial charge in [0.25, 0.3) is 0 Å². The van der Waals surface area contributed by atoms with Gasteiger partial charge in [-0.3, -0.25) is 0 Å². The summed E-state index contributed by atoms with van der Waals surface area (Å²) in [7, 11) is -3.68. The molecule has 25 heavy (non-hydrogen) atoms. The maximum Gasteiger partial charge on any atom is 0.238 e. The van der Waals surface area contributed by atoms with Crippen LogP contribution in [0.25, 0.3) is 0 Å². The number of nitrogens with zero attached hydrogens (tertiary/aromatic N) is 1. The second-order valence-electron chi connectivity index (χ2n) is 5.33. The third kappa shape index (κ3) is 6.04. The van der Waals surface area contributed by atoms with Crippen molar-refractivity contribution in [2.75, 3.05) is 6.54 Å². The summed E-state index contributed by atoms with van der Waals surface area (Å²) in [6.45, 7) is 3.66. The Bertz CT molecular complexity index is 836. The van der Waals surface area contributed by atoms with E-state index >= 15 is 0 Å². The zero-order valence-corrected chi connectivity index (χ0v) is 15.4. The van der Waals surface area contributed by atoms with Gasteiger partial charge < -0.3 is 10.6 Å². The highest BCUT2D eigenvalue weighted by atomic mass is 35.5. The normalized spacial score (nSPS) is 12.0. The summed E-state index contributed by atoms with van der Waals surface area (Å²) in [6, 6.07) is 14.0. The minimum Gasteiger partial charge on any atom is -0.357 e. The molecule has 0 aliphatic rings. The van der Waals surface area contributed by atoms with Gasteiger partial charge in [-0.25, -0.2) is 18.5 Å². The van der Waals surface area contributed by atoms with Gasteiger partial charge in [0.1, 0.15) is 0 Å². The van der Waals surface area contributed by atoms with E-state index in [1.807, 2.05) is 31.2 Å². The summed E-state index contributed by atoms with van der Waals surface area (Å²) in [5.74, 6) is 0.651. The summed E-state index contributed by atoms with van der Waals surface area (Å²) in [6.07, 6.45) is 0. The summed E-state index contributed by atoms with van der Waals surface area (Å²) in [5, 5.41) is 12.2. The first-order valence-corrected chi connectivity index (χ1v) is 9.70. The number of nitrogens with two attached hydrogens (primary N) is 1. The largest absolute Gasteiger partial charge is 0.357 e. The number of guanidine groups is 1. The Hall–Kier alpha value is -2.09. The molecule has 0 atom stereocenters. The maximum absolute atomic E-state index is 11.3. The Kier molecular flexibility index (Phi) is 6.81. The zero-order valence-electron chi connectivity index (χ0n) is 13.9. The molecule has 8 heteroatoms. The molecule has 134 valence electrons. The van der Waals surface area contributed by atoms with Crippen molar-refractivity contribution in [1.29, 1.82) is 0 Å². The molecule has 0 aliphatic heterocycles. The molecule has 0 fully saturated rings. The minimum atomic E-state index is -3.68. The smallest absolute Gasteiger partial charge is 0.238 e. The maximum atomic E-state index is 11.3. The minimum absolute atomic E-state index is 0.0870. The topological polar surface area (TPSA) is 96.6 Å². The Morgan fingerprint density at radius 2 is 1.80 bits per heavy atom. The third-order valence-electron chi connectivity index (χ3n) is 3.42. The Labute approximate surface area is 153 Å². The molecule has 0 aliphatic carbocycles. The Balaban J connectivity index is 2.03. The predicted octanol–water partition coefficient (Wildman–Crippen LogP) is 2.24. The van der Waals surface area contributed by atoms with E-state index in [1.165, 1.54) is 12.1 Å². The average Bonchev–Trinajstić information content (AvgIpc) is 2.58. The van der Waals surface area contributed by atoms with Crippen LogP contribution in [0, 0.1) is 0 Å². The quantitative estimate of drug-likeness (QED) is 0.529. The number of sulfonamides is 1. The van der Waals surface area contributed by atoms with E-state index in [9.17, 15) is 8.42 Å². The molecule has 0 amide bonds. The fourth-order valence-corrected chi connectivity index (χ4v) is 2.84. The fourth-order valence-electron chi connectivity index (χ4n) is 2.12. The highest BCUT2D eigenvalue weighted by Gasteiger charge is 2.07. The molecule has 2 aromatic carbocycles. The number of rotatable bonds is 6. The molecule has 2 aromatic rings. The van der Waals surface area contributed by atoms with Gasteiger partial charge in [-0.05, 0) is 36.2 Å². The number of benzene rings is 2. The summed E-state index contributed by atoms with van der Waals surface area (Å²) >= 11 is 6.15.